The summed E-state index contributed by atoms with van der Waals surface area (Å²) in [5.41, 5.74) is 2.86. The molecule has 1 amide bonds. The largest absolute Gasteiger partial charge is 0.351 e. The normalized spacial score (nSPS) is 10.7. The minimum absolute atomic E-state index is 0.131. The Kier molecular flexibility index (Phi) is 6.68. The highest BCUT2D eigenvalue weighted by atomic mass is 32.2. The zero-order valence-electron chi connectivity index (χ0n) is 16.6. The number of nitrogens with zero attached hydrogens (tertiary/aromatic N) is 4. The molecule has 2 heterocycles. The molecule has 0 aliphatic rings. The van der Waals surface area contributed by atoms with E-state index in [1.807, 2.05) is 47.0 Å². The zero-order chi connectivity index (χ0) is 21.5. The van der Waals surface area contributed by atoms with Crippen molar-refractivity contribution in [1.82, 2.24) is 25.1 Å². The van der Waals surface area contributed by atoms with E-state index < -0.39 is 0 Å². The number of rotatable bonds is 8. The third kappa shape index (κ3) is 5.55. The first-order valence-corrected chi connectivity index (χ1v) is 10.7. The van der Waals surface area contributed by atoms with Crippen LogP contribution >= 0.6 is 11.8 Å². The molecule has 0 atom stereocenters. The van der Waals surface area contributed by atoms with E-state index in [0.29, 0.717) is 18.2 Å². The van der Waals surface area contributed by atoms with E-state index in [2.05, 4.69) is 20.5 Å². The summed E-state index contributed by atoms with van der Waals surface area (Å²) >= 11 is 1.33. The quantitative estimate of drug-likeness (QED) is 0.426. The van der Waals surface area contributed by atoms with Gasteiger partial charge in [0.25, 0.3) is 0 Å². The molecule has 0 aliphatic heterocycles. The highest BCUT2D eigenvalue weighted by molar-refractivity contribution is 7.99. The van der Waals surface area contributed by atoms with Crippen LogP contribution in [0.1, 0.15) is 11.1 Å². The first-order chi connectivity index (χ1) is 15.2. The molecular weight excluding hydrogens is 413 g/mol. The van der Waals surface area contributed by atoms with Gasteiger partial charge < -0.3 is 5.32 Å². The van der Waals surface area contributed by atoms with Crippen molar-refractivity contribution in [3.8, 4) is 11.4 Å². The molecule has 2 aromatic heterocycles. The first-order valence-electron chi connectivity index (χ1n) is 9.70. The number of aromatic nitrogens is 4. The van der Waals surface area contributed by atoms with Gasteiger partial charge in [-0.05, 0) is 35.4 Å². The van der Waals surface area contributed by atoms with E-state index in [-0.39, 0.29) is 17.5 Å². The summed E-state index contributed by atoms with van der Waals surface area (Å²) in [7, 11) is 0. The van der Waals surface area contributed by atoms with Crippen molar-refractivity contribution in [2.45, 2.75) is 18.2 Å². The molecule has 1 N–H and O–H groups in total. The first kappa shape index (κ1) is 20.7. The Hall–Kier alpha value is -3.52. The number of benzene rings is 2. The zero-order valence-corrected chi connectivity index (χ0v) is 17.4. The van der Waals surface area contributed by atoms with Crippen LogP contribution in [0.25, 0.3) is 11.4 Å². The van der Waals surface area contributed by atoms with E-state index in [1.165, 1.54) is 23.9 Å². The molecule has 0 bridgehead atoms. The number of amides is 1. The van der Waals surface area contributed by atoms with Crippen LogP contribution < -0.4 is 5.32 Å². The van der Waals surface area contributed by atoms with Gasteiger partial charge in [0.1, 0.15) is 5.82 Å². The van der Waals surface area contributed by atoms with Gasteiger partial charge in [0.2, 0.25) is 5.91 Å². The molecule has 8 heteroatoms. The molecule has 6 nitrogen and oxygen atoms in total. The summed E-state index contributed by atoms with van der Waals surface area (Å²) in [5, 5.41) is 12.2. The summed E-state index contributed by atoms with van der Waals surface area (Å²) in [6.07, 6.45) is 3.43. The number of halogens is 1. The van der Waals surface area contributed by atoms with E-state index in [0.717, 1.165) is 22.5 Å². The number of nitrogens with one attached hydrogen (secondary N) is 1. The van der Waals surface area contributed by atoms with Gasteiger partial charge in [-0.1, -0.05) is 54.2 Å². The van der Waals surface area contributed by atoms with Crippen LogP contribution in [0.15, 0.2) is 84.3 Å². The fourth-order valence-corrected chi connectivity index (χ4v) is 3.77. The smallest absolute Gasteiger partial charge is 0.230 e. The fourth-order valence-electron chi connectivity index (χ4n) is 3.00. The van der Waals surface area contributed by atoms with E-state index >= 15 is 0 Å². The van der Waals surface area contributed by atoms with Gasteiger partial charge in [-0.15, -0.1) is 10.2 Å². The molecule has 4 rings (SSSR count). The lowest BCUT2D eigenvalue weighted by Gasteiger charge is -2.10. The van der Waals surface area contributed by atoms with Crippen LogP contribution in [0, 0.1) is 5.82 Å². The van der Waals surface area contributed by atoms with E-state index in [9.17, 15) is 9.18 Å². The molecule has 0 unspecified atom stereocenters. The van der Waals surface area contributed by atoms with Crippen LogP contribution in [0.3, 0.4) is 0 Å². The second-order valence-electron chi connectivity index (χ2n) is 6.81. The molecule has 31 heavy (non-hydrogen) atoms. The highest BCUT2D eigenvalue weighted by Crippen LogP contribution is 2.24. The van der Waals surface area contributed by atoms with Crippen LogP contribution in [-0.4, -0.2) is 31.4 Å². The van der Waals surface area contributed by atoms with Crippen molar-refractivity contribution in [3.05, 3.63) is 96.1 Å². The van der Waals surface area contributed by atoms with Crippen LogP contribution in [0.4, 0.5) is 4.39 Å². The fraction of sp³-hybridized carbons (Fsp3) is 0.130. The van der Waals surface area contributed by atoms with Gasteiger partial charge in [-0.2, -0.15) is 0 Å². The lowest BCUT2D eigenvalue weighted by atomic mass is 10.2. The van der Waals surface area contributed by atoms with E-state index in [1.54, 1.807) is 24.5 Å². The van der Waals surface area contributed by atoms with Crippen molar-refractivity contribution in [3.63, 3.8) is 0 Å². The van der Waals surface area contributed by atoms with Crippen molar-refractivity contribution < 1.29 is 9.18 Å². The lowest BCUT2D eigenvalue weighted by molar-refractivity contribution is -0.118. The molecule has 0 saturated carbocycles. The molecule has 0 saturated heterocycles. The molecule has 2 aromatic carbocycles. The summed E-state index contributed by atoms with van der Waals surface area (Å²) in [5.74, 6) is 0.493. The molecule has 0 aliphatic carbocycles. The Morgan fingerprint density at radius 1 is 0.935 bits per heavy atom. The predicted molar refractivity (Wildman–Crippen MR) is 118 cm³/mol. The summed E-state index contributed by atoms with van der Waals surface area (Å²) in [6, 6.07) is 19.9. The van der Waals surface area contributed by atoms with Crippen molar-refractivity contribution in [2.75, 3.05) is 5.75 Å². The molecular formula is C23H20FN5OS. The van der Waals surface area contributed by atoms with Gasteiger partial charge in [-0.25, -0.2) is 4.39 Å². The standard InChI is InChI=1S/C23H20FN5OS/c24-20-8-6-17(7-9-20)14-26-21(30)16-31-23-28-27-22(19-10-12-25-13-11-19)29(23)15-18-4-2-1-3-5-18/h1-13H,14-16H2,(H,26,30). The topological polar surface area (TPSA) is 72.7 Å². The molecule has 0 fully saturated rings. The average molecular weight is 434 g/mol. The van der Waals surface area contributed by atoms with Gasteiger partial charge in [-0.3, -0.25) is 14.3 Å². The van der Waals surface area contributed by atoms with Crippen molar-refractivity contribution in [2.24, 2.45) is 0 Å². The van der Waals surface area contributed by atoms with Gasteiger partial charge in [0.15, 0.2) is 11.0 Å². The Labute approximate surface area is 183 Å². The number of hydrogen-bond donors (Lipinski definition) is 1. The second-order valence-corrected chi connectivity index (χ2v) is 7.75. The summed E-state index contributed by atoms with van der Waals surface area (Å²) < 4.78 is 15.0. The Morgan fingerprint density at radius 2 is 1.68 bits per heavy atom. The third-order valence-electron chi connectivity index (χ3n) is 4.57. The summed E-state index contributed by atoms with van der Waals surface area (Å²) in [6.45, 7) is 0.934. The second kappa shape index (κ2) is 9.99. The van der Waals surface area contributed by atoms with Crippen LogP contribution in [0.2, 0.25) is 0 Å². The number of carbonyl (C=O) groups is 1. The Bertz CT molecular complexity index is 1130. The van der Waals surface area contributed by atoms with Gasteiger partial charge >= 0.3 is 0 Å². The van der Waals surface area contributed by atoms with Crippen molar-refractivity contribution in [1.29, 1.82) is 0 Å². The van der Waals surface area contributed by atoms with Crippen molar-refractivity contribution >= 4 is 17.7 Å². The van der Waals surface area contributed by atoms with Crippen LogP contribution in [-0.2, 0) is 17.9 Å². The minimum Gasteiger partial charge on any atom is -0.351 e. The van der Waals surface area contributed by atoms with Crippen LogP contribution in [0.5, 0.6) is 0 Å². The summed E-state index contributed by atoms with van der Waals surface area (Å²) in [4.78, 5) is 16.4. The number of pyridine rings is 1. The number of carbonyl (C=O) groups excluding carboxylic acids is 1. The van der Waals surface area contributed by atoms with Gasteiger partial charge in [0, 0.05) is 24.5 Å². The lowest BCUT2D eigenvalue weighted by Crippen LogP contribution is -2.24. The SMILES string of the molecule is O=C(CSc1nnc(-c2ccncc2)n1Cc1ccccc1)NCc1ccc(F)cc1. The minimum atomic E-state index is -0.298. The maximum absolute atomic E-state index is 13.0. The Morgan fingerprint density at radius 3 is 2.42 bits per heavy atom. The highest BCUT2D eigenvalue weighted by Gasteiger charge is 2.16. The third-order valence-corrected chi connectivity index (χ3v) is 5.54. The van der Waals surface area contributed by atoms with Gasteiger partial charge in [0.05, 0.1) is 12.3 Å². The maximum Gasteiger partial charge on any atom is 0.230 e. The monoisotopic (exact) mass is 433 g/mol. The molecule has 0 radical (unpaired) electrons. The average Bonchev–Trinajstić information content (AvgIpc) is 3.21. The maximum atomic E-state index is 13.0. The predicted octanol–water partition coefficient (Wildman–Crippen LogP) is 3.94. The number of hydrogen-bond acceptors (Lipinski definition) is 5. The van der Waals surface area contributed by atoms with E-state index in [4.69, 9.17) is 0 Å². The molecule has 4 aromatic rings. The number of thioether (sulfide) groups is 1. The Balaban J connectivity index is 1.46. The molecule has 156 valence electrons. The molecule has 0 spiro atoms.